The van der Waals surface area contributed by atoms with Crippen LogP contribution in [0.1, 0.15) is 5.56 Å². The SMILES string of the molecule is COc1ccccc1CN1CCN(c2nccn3c(-c4cnn(C)c4)cnc23)CC1.O=C(O)C(F)(F)F. The first kappa shape index (κ1) is 25.9. The van der Waals surface area contributed by atoms with Crippen molar-refractivity contribution in [2.24, 2.45) is 7.05 Å². The first-order valence-electron chi connectivity index (χ1n) is 11.4. The molecule has 0 bridgehead atoms. The number of carboxylic acids is 1. The van der Waals surface area contributed by atoms with E-state index in [0.717, 1.165) is 61.2 Å². The minimum absolute atomic E-state index is 0.884. The molecule has 1 saturated heterocycles. The Morgan fingerprint density at radius 2 is 1.81 bits per heavy atom. The fourth-order valence-electron chi connectivity index (χ4n) is 4.09. The van der Waals surface area contributed by atoms with Crippen LogP contribution in [-0.4, -0.2) is 79.6 Å². The van der Waals surface area contributed by atoms with E-state index in [9.17, 15) is 13.2 Å². The number of aryl methyl sites for hydroxylation is 1. The lowest BCUT2D eigenvalue weighted by Crippen LogP contribution is -2.46. The molecule has 1 aliphatic heterocycles. The number of aliphatic carboxylic acids is 1. The number of ether oxygens (including phenoxy) is 1. The number of nitrogens with zero attached hydrogens (tertiary/aromatic N) is 7. The molecule has 0 radical (unpaired) electrons. The number of aromatic nitrogens is 5. The van der Waals surface area contributed by atoms with Gasteiger partial charge in [-0.05, 0) is 6.07 Å². The summed E-state index contributed by atoms with van der Waals surface area (Å²) in [5.74, 6) is -0.872. The predicted molar refractivity (Wildman–Crippen MR) is 129 cm³/mol. The average Bonchev–Trinajstić information content (AvgIpc) is 3.50. The van der Waals surface area contributed by atoms with Crippen LogP contribution < -0.4 is 9.64 Å². The van der Waals surface area contributed by atoms with Gasteiger partial charge in [-0.1, -0.05) is 18.2 Å². The number of carboxylic acid groups (broad SMARTS) is 1. The summed E-state index contributed by atoms with van der Waals surface area (Å²) < 4.78 is 41.1. The van der Waals surface area contributed by atoms with Gasteiger partial charge in [0, 0.05) is 69.5 Å². The monoisotopic (exact) mass is 517 g/mol. The summed E-state index contributed by atoms with van der Waals surface area (Å²) in [6, 6.07) is 8.24. The number of piperazine rings is 1. The summed E-state index contributed by atoms with van der Waals surface area (Å²) in [5, 5.41) is 11.4. The van der Waals surface area contributed by atoms with Crippen molar-refractivity contribution in [3.63, 3.8) is 0 Å². The van der Waals surface area contributed by atoms with E-state index in [0.29, 0.717) is 0 Å². The maximum atomic E-state index is 10.6. The first-order valence-corrected chi connectivity index (χ1v) is 11.4. The fourth-order valence-corrected chi connectivity index (χ4v) is 4.09. The Hall–Kier alpha value is -4.13. The highest BCUT2D eigenvalue weighted by molar-refractivity contribution is 5.73. The number of alkyl halides is 3. The summed E-state index contributed by atoms with van der Waals surface area (Å²) in [5.41, 5.74) is 4.18. The summed E-state index contributed by atoms with van der Waals surface area (Å²) in [7, 11) is 3.65. The van der Waals surface area contributed by atoms with Gasteiger partial charge in [0.05, 0.1) is 25.2 Å². The Balaban J connectivity index is 0.000000405. The molecule has 0 aliphatic carbocycles. The van der Waals surface area contributed by atoms with Gasteiger partial charge in [-0.3, -0.25) is 14.0 Å². The first-order chi connectivity index (χ1) is 17.7. The van der Waals surface area contributed by atoms with Crippen LogP contribution >= 0.6 is 0 Å². The predicted octanol–water partition coefficient (Wildman–Crippen LogP) is 3.09. The molecule has 0 spiro atoms. The number of halogens is 3. The Kier molecular flexibility index (Phi) is 7.62. The van der Waals surface area contributed by atoms with Gasteiger partial charge in [0.25, 0.3) is 0 Å². The molecule has 0 amide bonds. The van der Waals surface area contributed by atoms with Gasteiger partial charge in [0.1, 0.15) is 5.75 Å². The second-order valence-electron chi connectivity index (χ2n) is 8.37. The number of imidazole rings is 1. The second kappa shape index (κ2) is 10.9. The zero-order valence-corrected chi connectivity index (χ0v) is 20.3. The van der Waals surface area contributed by atoms with Crippen LogP contribution in [-0.2, 0) is 18.4 Å². The minimum Gasteiger partial charge on any atom is -0.496 e. The maximum absolute atomic E-state index is 10.6. The third kappa shape index (κ3) is 6.00. The van der Waals surface area contributed by atoms with Crippen molar-refractivity contribution in [3.8, 4) is 17.0 Å². The molecule has 37 heavy (non-hydrogen) atoms. The van der Waals surface area contributed by atoms with Gasteiger partial charge in [-0.15, -0.1) is 0 Å². The molecule has 1 aromatic carbocycles. The lowest BCUT2D eigenvalue weighted by Gasteiger charge is -2.35. The second-order valence-corrected chi connectivity index (χ2v) is 8.37. The van der Waals surface area contributed by atoms with Gasteiger partial charge < -0.3 is 14.7 Å². The van der Waals surface area contributed by atoms with E-state index in [-0.39, 0.29) is 0 Å². The largest absolute Gasteiger partial charge is 0.496 e. The molecule has 0 saturated carbocycles. The van der Waals surface area contributed by atoms with Gasteiger partial charge in [-0.2, -0.15) is 18.3 Å². The van der Waals surface area contributed by atoms with Crippen molar-refractivity contribution in [2.45, 2.75) is 12.7 Å². The molecule has 10 nitrogen and oxygen atoms in total. The van der Waals surface area contributed by atoms with E-state index < -0.39 is 12.1 Å². The topological polar surface area (TPSA) is 101 Å². The Bertz CT molecular complexity index is 1360. The number of para-hydroxylation sites is 1. The summed E-state index contributed by atoms with van der Waals surface area (Å²) in [6.07, 6.45) is 4.49. The van der Waals surface area contributed by atoms with Gasteiger partial charge >= 0.3 is 12.1 Å². The summed E-state index contributed by atoms with van der Waals surface area (Å²) in [4.78, 5) is 23.0. The number of benzene rings is 1. The van der Waals surface area contributed by atoms with Crippen LogP contribution in [0.15, 0.2) is 55.2 Å². The highest BCUT2D eigenvalue weighted by atomic mass is 19.4. The van der Waals surface area contributed by atoms with Crippen molar-refractivity contribution in [1.82, 2.24) is 29.0 Å². The molecule has 13 heteroatoms. The molecule has 3 aromatic heterocycles. The molecule has 1 fully saturated rings. The van der Waals surface area contributed by atoms with Crippen LogP contribution in [0, 0.1) is 0 Å². The maximum Gasteiger partial charge on any atom is 0.490 e. The Morgan fingerprint density at radius 1 is 1.11 bits per heavy atom. The van der Waals surface area contributed by atoms with E-state index in [2.05, 4.69) is 41.4 Å². The molecule has 1 aliphatic rings. The van der Waals surface area contributed by atoms with E-state index in [1.165, 1.54) is 5.56 Å². The van der Waals surface area contributed by atoms with E-state index >= 15 is 0 Å². The normalized spacial score (nSPS) is 14.4. The van der Waals surface area contributed by atoms with Gasteiger partial charge in [-0.25, -0.2) is 14.8 Å². The smallest absolute Gasteiger partial charge is 0.490 e. The number of carbonyl (C=O) groups is 1. The molecule has 4 aromatic rings. The van der Waals surface area contributed by atoms with Crippen LogP contribution in [0.3, 0.4) is 0 Å². The third-order valence-electron chi connectivity index (χ3n) is 5.91. The van der Waals surface area contributed by atoms with Crippen molar-refractivity contribution in [3.05, 3.63) is 60.8 Å². The highest BCUT2D eigenvalue weighted by Crippen LogP contribution is 2.26. The number of hydrogen-bond donors (Lipinski definition) is 1. The number of anilines is 1. The standard InChI is InChI=1S/C22H25N7O.C2HF3O2/c1-26-15-18(13-25-26)19-14-24-22-21(23-7-8-29(19)22)28-11-9-27(10-12-28)16-17-5-3-4-6-20(17)30-2;3-2(4,5)1(6)7/h3-8,13-15H,9-12,16H2,1-2H3;(H,6,7). The zero-order chi connectivity index (χ0) is 26.6. The van der Waals surface area contributed by atoms with Crippen molar-refractivity contribution >= 4 is 17.4 Å². The van der Waals surface area contributed by atoms with Crippen LogP contribution in [0.5, 0.6) is 5.75 Å². The Morgan fingerprint density at radius 3 is 2.43 bits per heavy atom. The number of rotatable bonds is 5. The molecular weight excluding hydrogens is 491 g/mol. The number of methoxy groups -OCH3 is 1. The van der Waals surface area contributed by atoms with Gasteiger partial charge in [0.15, 0.2) is 11.5 Å². The molecular formula is C24H26F3N7O3. The average molecular weight is 518 g/mol. The summed E-state index contributed by atoms with van der Waals surface area (Å²) >= 11 is 0. The minimum atomic E-state index is -5.08. The molecule has 196 valence electrons. The van der Waals surface area contributed by atoms with Gasteiger partial charge in [0.2, 0.25) is 0 Å². The van der Waals surface area contributed by atoms with E-state index in [1.54, 1.807) is 11.8 Å². The van der Waals surface area contributed by atoms with Crippen molar-refractivity contribution < 1.29 is 27.8 Å². The third-order valence-corrected chi connectivity index (χ3v) is 5.91. The molecule has 0 atom stereocenters. The molecule has 4 heterocycles. The van der Waals surface area contributed by atoms with Crippen LogP contribution in [0.25, 0.3) is 16.9 Å². The quantitative estimate of drug-likeness (QED) is 0.431. The molecule has 1 N–H and O–H groups in total. The molecule has 5 rings (SSSR count). The van der Waals surface area contributed by atoms with Crippen molar-refractivity contribution in [2.75, 3.05) is 38.2 Å². The lowest BCUT2D eigenvalue weighted by atomic mass is 10.1. The highest BCUT2D eigenvalue weighted by Gasteiger charge is 2.38. The number of hydrogen-bond acceptors (Lipinski definition) is 7. The van der Waals surface area contributed by atoms with Crippen LogP contribution in [0.4, 0.5) is 19.0 Å². The fraction of sp³-hybridized carbons (Fsp3) is 0.333. The van der Waals surface area contributed by atoms with Crippen molar-refractivity contribution in [1.29, 1.82) is 0 Å². The number of fused-ring (bicyclic) bond motifs is 1. The molecule has 0 unspecified atom stereocenters. The Labute approximate surface area is 210 Å². The van der Waals surface area contributed by atoms with Crippen LogP contribution in [0.2, 0.25) is 0 Å². The van der Waals surface area contributed by atoms with E-state index in [4.69, 9.17) is 14.6 Å². The van der Waals surface area contributed by atoms with E-state index in [1.807, 2.05) is 50.2 Å². The lowest BCUT2D eigenvalue weighted by molar-refractivity contribution is -0.192. The summed E-state index contributed by atoms with van der Waals surface area (Å²) in [6.45, 7) is 4.66. The zero-order valence-electron chi connectivity index (χ0n) is 20.3.